The lowest BCUT2D eigenvalue weighted by Crippen LogP contribution is -2.32. The molecule has 0 spiro atoms. The van der Waals surface area contributed by atoms with E-state index in [2.05, 4.69) is 36.3 Å². The third kappa shape index (κ3) is 4.72. The molecule has 1 unspecified atom stereocenters. The molecule has 0 fully saturated rings. The SMILES string of the molecule is COC(=O)CC(NC(=O)Cc1nc2nc(C)cc(C)n2n1)c1cccc(Br)c1. The lowest BCUT2D eigenvalue weighted by Gasteiger charge is -2.18. The average Bonchev–Trinajstić information content (AvgIpc) is 3.03. The van der Waals surface area contributed by atoms with E-state index in [0.717, 1.165) is 21.4 Å². The maximum atomic E-state index is 12.6. The largest absolute Gasteiger partial charge is 0.469 e. The number of aryl methyl sites for hydroxylation is 2. The molecule has 0 saturated carbocycles. The molecule has 146 valence electrons. The summed E-state index contributed by atoms with van der Waals surface area (Å²) in [7, 11) is 1.32. The fourth-order valence-corrected chi connectivity index (χ4v) is 3.31. The predicted molar refractivity (Wildman–Crippen MR) is 106 cm³/mol. The molecule has 0 aliphatic rings. The molecular weight excluding hydrogens is 426 g/mol. The lowest BCUT2D eigenvalue weighted by atomic mass is 10.0. The molecule has 0 bridgehead atoms. The Labute approximate surface area is 170 Å². The van der Waals surface area contributed by atoms with E-state index in [1.165, 1.54) is 7.11 Å². The molecule has 28 heavy (non-hydrogen) atoms. The minimum absolute atomic E-state index is 0.0203. The van der Waals surface area contributed by atoms with Crippen molar-refractivity contribution in [3.8, 4) is 0 Å². The first-order valence-corrected chi connectivity index (χ1v) is 9.46. The van der Waals surface area contributed by atoms with Crippen molar-refractivity contribution in [3.05, 3.63) is 57.6 Å². The van der Waals surface area contributed by atoms with E-state index in [0.29, 0.717) is 11.6 Å². The summed E-state index contributed by atoms with van der Waals surface area (Å²) >= 11 is 3.41. The summed E-state index contributed by atoms with van der Waals surface area (Å²) in [5.41, 5.74) is 2.52. The first kappa shape index (κ1) is 19.9. The summed E-state index contributed by atoms with van der Waals surface area (Å²) in [6.45, 7) is 3.78. The molecule has 3 rings (SSSR count). The van der Waals surface area contributed by atoms with Crippen molar-refractivity contribution in [2.45, 2.75) is 32.7 Å². The number of amides is 1. The number of aromatic nitrogens is 4. The van der Waals surface area contributed by atoms with Gasteiger partial charge in [-0.1, -0.05) is 28.1 Å². The van der Waals surface area contributed by atoms with Crippen LogP contribution in [0.1, 0.15) is 35.2 Å². The van der Waals surface area contributed by atoms with Crippen LogP contribution in [0.4, 0.5) is 0 Å². The van der Waals surface area contributed by atoms with Gasteiger partial charge in [0.1, 0.15) is 0 Å². The third-order valence-corrected chi connectivity index (χ3v) is 4.66. The Morgan fingerprint density at radius 1 is 1.25 bits per heavy atom. The minimum Gasteiger partial charge on any atom is -0.469 e. The van der Waals surface area contributed by atoms with Crippen LogP contribution in [-0.2, 0) is 20.7 Å². The van der Waals surface area contributed by atoms with Crippen LogP contribution in [0.5, 0.6) is 0 Å². The second-order valence-electron chi connectivity index (χ2n) is 6.41. The molecule has 9 heteroatoms. The van der Waals surface area contributed by atoms with Gasteiger partial charge >= 0.3 is 5.97 Å². The molecule has 1 N–H and O–H groups in total. The number of esters is 1. The summed E-state index contributed by atoms with van der Waals surface area (Å²) in [4.78, 5) is 33.0. The van der Waals surface area contributed by atoms with E-state index in [1.54, 1.807) is 4.52 Å². The highest BCUT2D eigenvalue weighted by Crippen LogP contribution is 2.21. The van der Waals surface area contributed by atoms with E-state index in [9.17, 15) is 9.59 Å². The number of carbonyl (C=O) groups is 2. The summed E-state index contributed by atoms with van der Waals surface area (Å²) in [6.07, 6.45) is 0.00463. The summed E-state index contributed by atoms with van der Waals surface area (Å²) in [6, 6.07) is 8.79. The van der Waals surface area contributed by atoms with Crippen molar-refractivity contribution in [3.63, 3.8) is 0 Å². The fourth-order valence-electron chi connectivity index (χ4n) is 2.90. The number of carbonyl (C=O) groups excluding carboxylic acids is 2. The topological polar surface area (TPSA) is 98.5 Å². The molecule has 0 saturated heterocycles. The van der Waals surface area contributed by atoms with Crippen molar-refractivity contribution in [1.29, 1.82) is 0 Å². The van der Waals surface area contributed by atoms with Gasteiger partial charge in [0.05, 0.1) is 26.0 Å². The van der Waals surface area contributed by atoms with E-state index in [1.807, 2.05) is 44.2 Å². The van der Waals surface area contributed by atoms with Gasteiger partial charge in [0, 0.05) is 15.9 Å². The molecule has 1 atom stereocenters. The first-order valence-electron chi connectivity index (χ1n) is 8.67. The van der Waals surface area contributed by atoms with Crippen LogP contribution in [0.25, 0.3) is 5.78 Å². The van der Waals surface area contributed by atoms with Crippen molar-refractivity contribution >= 4 is 33.6 Å². The van der Waals surface area contributed by atoms with Crippen LogP contribution in [0.3, 0.4) is 0 Å². The highest BCUT2D eigenvalue weighted by Gasteiger charge is 2.20. The van der Waals surface area contributed by atoms with E-state index < -0.39 is 12.0 Å². The van der Waals surface area contributed by atoms with Gasteiger partial charge in [-0.25, -0.2) is 9.50 Å². The zero-order valence-corrected chi connectivity index (χ0v) is 17.4. The second-order valence-corrected chi connectivity index (χ2v) is 7.33. The van der Waals surface area contributed by atoms with Gasteiger partial charge in [-0.05, 0) is 37.6 Å². The molecule has 2 heterocycles. The second kappa shape index (κ2) is 8.47. The smallest absolute Gasteiger partial charge is 0.307 e. The van der Waals surface area contributed by atoms with Crippen molar-refractivity contribution in [2.75, 3.05) is 7.11 Å². The number of hydrogen-bond acceptors (Lipinski definition) is 6. The number of hydrogen-bond donors (Lipinski definition) is 1. The minimum atomic E-state index is -0.517. The number of fused-ring (bicyclic) bond motifs is 1. The molecule has 1 amide bonds. The Morgan fingerprint density at radius 3 is 2.75 bits per heavy atom. The number of nitrogens with one attached hydrogen (secondary N) is 1. The summed E-state index contributed by atoms with van der Waals surface area (Å²) < 4.78 is 7.22. The van der Waals surface area contributed by atoms with Gasteiger partial charge in [0.2, 0.25) is 5.91 Å². The highest BCUT2D eigenvalue weighted by atomic mass is 79.9. The van der Waals surface area contributed by atoms with E-state index >= 15 is 0 Å². The van der Waals surface area contributed by atoms with Gasteiger partial charge in [-0.3, -0.25) is 9.59 Å². The Balaban J connectivity index is 1.78. The molecule has 0 radical (unpaired) electrons. The van der Waals surface area contributed by atoms with Crippen LogP contribution < -0.4 is 5.32 Å². The monoisotopic (exact) mass is 445 g/mol. The number of halogens is 1. The van der Waals surface area contributed by atoms with Gasteiger partial charge in [-0.15, -0.1) is 5.10 Å². The maximum absolute atomic E-state index is 12.6. The van der Waals surface area contributed by atoms with Crippen LogP contribution in [0.2, 0.25) is 0 Å². The van der Waals surface area contributed by atoms with E-state index in [-0.39, 0.29) is 18.7 Å². The van der Waals surface area contributed by atoms with Crippen molar-refractivity contribution in [1.82, 2.24) is 24.9 Å². The molecule has 3 aromatic rings. The Kier molecular flexibility index (Phi) is 6.03. The van der Waals surface area contributed by atoms with Crippen LogP contribution in [0.15, 0.2) is 34.8 Å². The molecule has 8 nitrogen and oxygen atoms in total. The van der Waals surface area contributed by atoms with Crippen molar-refractivity contribution in [2.24, 2.45) is 0 Å². The summed E-state index contributed by atoms with van der Waals surface area (Å²) in [5.74, 6) is 0.119. The molecule has 0 aliphatic heterocycles. The maximum Gasteiger partial charge on any atom is 0.307 e. The Hall–Kier alpha value is -2.81. The van der Waals surface area contributed by atoms with Gasteiger partial charge in [-0.2, -0.15) is 4.98 Å². The van der Waals surface area contributed by atoms with Gasteiger partial charge in [0.25, 0.3) is 5.78 Å². The fraction of sp³-hybridized carbons (Fsp3) is 0.316. The quantitative estimate of drug-likeness (QED) is 0.585. The predicted octanol–water partition coefficient (Wildman–Crippen LogP) is 2.47. The van der Waals surface area contributed by atoms with Gasteiger partial charge in [0.15, 0.2) is 5.82 Å². The number of rotatable bonds is 6. The number of methoxy groups -OCH3 is 1. The lowest BCUT2D eigenvalue weighted by molar-refractivity contribution is -0.141. The van der Waals surface area contributed by atoms with E-state index in [4.69, 9.17) is 4.74 Å². The summed E-state index contributed by atoms with van der Waals surface area (Å²) in [5, 5.41) is 7.22. The number of benzene rings is 1. The molecule has 0 aliphatic carbocycles. The Morgan fingerprint density at radius 2 is 2.04 bits per heavy atom. The van der Waals surface area contributed by atoms with Gasteiger partial charge < -0.3 is 10.1 Å². The Bertz CT molecular complexity index is 1030. The zero-order chi connectivity index (χ0) is 20.3. The average molecular weight is 446 g/mol. The van der Waals surface area contributed by atoms with Crippen LogP contribution >= 0.6 is 15.9 Å². The zero-order valence-electron chi connectivity index (χ0n) is 15.8. The molecule has 2 aromatic heterocycles. The number of ether oxygens (including phenoxy) is 1. The standard InChI is InChI=1S/C19H20BrN5O3/c1-11-7-12(2)25-19(21-11)23-16(24-25)10-17(26)22-15(9-18(27)28-3)13-5-4-6-14(20)8-13/h4-8,15H,9-10H2,1-3H3,(H,22,26). The molecule has 1 aromatic carbocycles. The normalized spacial score (nSPS) is 12.0. The van der Waals surface area contributed by atoms with Crippen LogP contribution in [-0.4, -0.2) is 38.6 Å². The molecular formula is C19H20BrN5O3. The third-order valence-electron chi connectivity index (χ3n) is 4.17. The van der Waals surface area contributed by atoms with Crippen LogP contribution in [0, 0.1) is 13.8 Å². The highest BCUT2D eigenvalue weighted by molar-refractivity contribution is 9.10. The number of nitrogens with zero attached hydrogens (tertiary/aromatic N) is 4. The first-order chi connectivity index (χ1) is 13.4. The van der Waals surface area contributed by atoms with Crippen molar-refractivity contribution < 1.29 is 14.3 Å².